The summed E-state index contributed by atoms with van der Waals surface area (Å²) in [5, 5.41) is 0. The summed E-state index contributed by atoms with van der Waals surface area (Å²) in [6, 6.07) is 14.3. The van der Waals surface area contributed by atoms with Crippen LogP contribution >= 0.6 is 8.60 Å². The average Bonchev–Trinajstić information content (AvgIpc) is 2.61. The highest BCUT2D eigenvalue weighted by Crippen LogP contribution is 2.42. The van der Waals surface area contributed by atoms with E-state index in [1.807, 2.05) is 18.2 Å². The van der Waals surface area contributed by atoms with Crippen molar-refractivity contribution in [3.05, 3.63) is 59.2 Å². The quantitative estimate of drug-likeness (QED) is 0.440. The van der Waals surface area contributed by atoms with Crippen LogP contribution in [0.2, 0.25) is 0 Å². The lowest BCUT2D eigenvalue weighted by Crippen LogP contribution is -2.19. The number of hydrogen-bond acceptors (Lipinski definition) is 3. The summed E-state index contributed by atoms with van der Waals surface area (Å²) >= 11 is 0. The Bertz CT molecular complexity index is 753. The average molecular weight is 386 g/mol. The molecule has 3 nitrogen and oxygen atoms in total. The van der Waals surface area contributed by atoms with E-state index in [-0.39, 0.29) is 5.41 Å². The van der Waals surface area contributed by atoms with E-state index in [9.17, 15) is 4.89 Å². The second-order valence-electron chi connectivity index (χ2n) is 8.39. The van der Waals surface area contributed by atoms with Crippen LogP contribution in [0.1, 0.15) is 70.1 Å². The Balaban J connectivity index is 1.86. The van der Waals surface area contributed by atoms with Crippen molar-refractivity contribution in [3.63, 3.8) is 0 Å². The molecule has 1 unspecified atom stereocenters. The Labute approximate surface area is 164 Å². The Kier molecular flexibility index (Phi) is 6.44. The molecule has 146 valence electrons. The molecule has 4 heterocycles. The first-order valence-electron chi connectivity index (χ1n) is 9.95. The molecule has 6 rings (SSSR count). The summed E-state index contributed by atoms with van der Waals surface area (Å²) in [7, 11) is -1.99. The van der Waals surface area contributed by atoms with E-state index >= 15 is 0 Å². The summed E-state index contributed by atoms with van der Waals surface area (Å²) in [5.74, 6) is 2.13. The van der Waals surface area contributed by atoms with Crippen molar-refractivity contribution >= 4 is 8.60 Å². The molecular weight excluding hydrogens is 355 g/mol. The highest BCUT2D eigenvalue weighted by Gasteiger charge is 2.26. The number of benzene rings is 2. The van der Waals surface area contributed by atoms with Crippen LogP contribution in [0.4, 0.5) is 0 Å². The van der Waals surface area contributed by atoms with Crippen LogP contribution in [0.5, 0.6) is 11.5 Å². The maximum Gasteiger partial charge on any atom is 0.460 e. The molecule has 27 heavy (non-hydrogen) atoms. The van der Waals surface area contributed by atoms with Gasteiger partial charge < -0.3 is 13.9 Å². The molecule has 0 spiro atoms. The van der Waals surface area contributed by atoms with Crippen molar-refractivity contribution in [1.82, 2.24) is 0 Å². The normalized spacial score (nSPS) is 17.9. The van der Waals surface area contributed by atoms with E-state index in [1.54, 1.807) is 0 Å². The van der Waals surface area contributed by atoms with E-state index < -0.39 is 8.60 Å². The number of rotatable bonds is 6. The summed E-state index contributed by atoms with van der Waals surface area (Å²) in [6.07, 6.45) is 5.85. The van der Waals surface area contributed by atoms with Gasteiger partial charge in [-0.2, -0.15) is 0 Å². The van der Waals surface area contributed by atoms with E-state index in [1.165, 1.54) is 30.4 Å². The zero-order valence-electron chi connectivity index (χ0n) is 16.9. The highest BCUT2D eigenvalue weighted by atomic mass is 31.2. The summed E-state index contributed by atoms with van der Waals surface area (Å²) in [4.78, 5) is 10.3. The Morgan fingerprint density at radius 2 is 1.63 bits per heavy atom. The standard InChI is InChI=1S/C23H31O3P/c1-17(2)8-6-5-7-9-18-16-20-12-15-22(18)26-27(24)25-21-13-10-19(11-14-21)23(20,3)4/h10-17,24H,5-9H2,1-4H3. The first-order valence-corrected chi connectivity index (χ1v) is 11.1. The van der Waals surface area contributed by atoms with Gasteiger partial charge in [0.15, 0.2) is 0 Å². The van der Waals surface area contributed by atoms with Crippen LogP contribution in [0.15, 0.2) is 42.5 Å². The van der Waals surface area contributed by atoms with Crippen LogP contribution in [0.25, 0.3) is 0 Å². The van der Waals surface area contributed by atoms with E-state index in [4.69, 9.17) is 9.05 Å². The second kappa shape index (κ2) is 8.63. The third kappa shape index (κ3) is 5.03. The molecule has 0 aromatic heterocycles. The van der Waals surface area contributed by atoms with Gasteiger partial charge in [-0.25, -0.2) is 0 Å². The first kappa shape index (κ1) is 20.2. The Morgan fingerprint density at radius 3 is 2.33 bits per heavy atom. The monoisotopic (exact) mass is 386 g/mol. The van der Waals surface area contributed by atoms with Crippen LogP contribution in [0, 0.1) is 5.92 Å². The van der Waals surface area contributed by atoms with Gasteiger partial charge in [0.05, 0.1) is 0 Å². The van der Waals surface area contributed by atoms with Crippen LogP contribution < -0.4 is 9.05 Å². The van der Waals surface area contributed by atoms with Gasteiger partial charge in [-0.05, 0) is 53.6 Å². The van der Waals surface area contributed by atoms with Gasteiger partial charge in [-0.15, -0.1) is 0 Å². The van der Waals surface area contributed by atoms with Crippen LogP contribution in [0.3, 0.4) is 0 Å². The molecule has 0 saturated heterocycles. The number of hydrogen-bond donors (Lipinski definition) is 1. The predicted octanol–water partition coefficient (Wildman–Crippen LogP) is 6.76. The molecule has 4 bridgehead atoms. The molecule has 0 radical (unpaired) electrons. The smallest absolute Gasteiger partial charge is 0.418 e. The van der Waals surface area contributed by atoms with Crippen molar-refractivity contribution < 1.29 is 13.9 Å². The maximum absolute atomic E-state index is 10.3. The molecule has 1 atom stereocenters. The summed E-state index contributed by atoms with van der Waals surface area (Å²) in [6.45, 7) is 9.04. The minimum atomic E-state index is -1.99. The lowest BCUT2D eigenvalue weighted by molar-refractivity contribution is 0.379. The van der Waals surface area contributed by atoms with Gasteiger partial charge >= 0.3 is 8.60 Å². The fourth-order valence-electron chi connectivity index (χ4n) is 3.59. The van der Waals surface area contributed by atoms with Crippen molar-refractivity contribution in [2.24, 2.45) is 5.92 Å². The van der Waals surface area contributed by atoms with Gasteiger partial charge in [0.25, 0.3) is 0 Å². The lowest BCUT2D eigenvalue weighted by Gasteiger charge is -2.28. The van der Waals surface area contributed by atoms with E-state index in [0.717, 1.165) is 30.1 Å². The maximum atomic E-state index is 10.3. The van der Waals surface area contributed by atoms with Gasteiger partial charge in [0.1, 0.15) is 11.5 Å². The van der Waals surface area contributed by atoms with E-state index in [2.05, 4.69) is 52.0 Å². The number of unbranched alkanes of at least 4 members (excludes halogenated alkanes) is 2. The van der Waals surface area contributed by atoms with Crippen molar-refractivity contribution in [2.45, 2.75) is 65.2 Å². The largest absolute Gasteiger partial charge is 0.460 e. The molecule has 2 aromatic carbocycles. The molecule has 2 aromatic rings. The molecular formula is C23H31O3P. The molecule has 0 aliphatic carbocycles. The van der Waals surface area contributed by atoms with Gasteiger partial charge in [-0.1, -0.05) is 71.2 Å². The Hall–Kier alpha value is -1.57. The fourth-order valence-corrected chi connectivity index (χ4v) is 4.28. The lowest BCUT2D eigenvalue weighted by atomic mass is 9.77. The van der Waals surface area contributed by atoms with Gasteiger partial charge in [0.2, 0.25) is 0 Å². The molecule has 4 aliphatic rings. The fraction of sp³-hybridized carbons (Fsp3) is 0.478. The molecule has 0 amide bonds. The SMILES string of the molecule is CC(C)CCCCCc1cc2ccc1OP(O)Oc1ccc(cc1)C2(C)C. The zero-order valence-corrected chi connectivity index (χ0v) is 17.8. The van der Waals surface area contributed by atoms with Gasteiger partial charge in [-0.3, -0.25) is 0 Å². The summed E-state index contributed by atoms with van der Waals surface area (Å²) in [5.41, 5.74) is 3.55. The van der Waals surface area contributed by atoms with Crippen LogP contribution in [-0.4, -0.2) is 4.89 Å². The molecule has 0 fully saturated rings. The topological polar surface area (TPSA) is 38.7 Å². The Morgan fingerprint density at radius 1 is 0.926 bits per heavy atom. The van der Waals surface area contributed by atoms with Gasteiger partial charge in [0, 0.05) is 5.41 Å². The van der Waals surface area contributed by atoms with Crippen molar-refractivity contribution in [3.8, 4) is 11.5 Å². The van der Waals surface area contributed by atoms with Crippen LogP contribution in [-0.2, 0) is 11.8 Å². The predicted molar refractivity (Wildman–Crippen MR) is 112 cm³/mol. The number of aryl methyl sites for hydroxylation is 1. The van der Waals surface area contributed by atoms with Crippen molar-refractivity contribution in [1.29, 1.82) is 0 Å². The summed E-state index contributed by atoms with van der Waals surface area (Å²) < 4.78 is 11.4. The second-order valence-corrected chi connectivity index (χ2v) is 9.23. The molecule has 1 N–H and O–H groups in total. The molecule has 0 saturated carbocycles. The zero-order chi connectivity index (χ0) is 19.4. The van der Waals surface area contributed by atoms with Crippen molar-refractivity contribution in [2.75, 3.05) is 0 Å². The highest BCUT2D eigenvalue weighted by molar-refractivity contribution is 7.41. The minimum Gasteiger partial charge on any atom is -0.418 e. The first-order chi connectivity index (χ1) is 12.9. The molecule has 4 heteroatoms. The third-order valence-corrected chi connectivity index (χ3v) is 6.17. The third-order valence-electron chi connectivity index (χ3n) is 5.45. The van der Waals surface area contributed by atoms with E-state index in [0.29, 0.717) is 5.75 Å². The minimum absolute atomic E-state index is 0.105. The molecule has 4 aliphatic heterocycles.